The summed E-state index contributed by atoms with van der Waals surface area (Å²) in [6, 6.07) is 7.31. The van der Waals surface area contributed by atoms with Gasteiger partial charge in [0.25, 0.3) is 5.56 Å². The molecule has 0 aliphatic rings. The van der Waals surface area contributed by atoms with Crippen LogP contribution in [0.3, 0.4) is 0 Å². The van der Waals surface area contributed by atoms with Crippen molar-refractivity contribution in [3.05, 3.63) is 58.9 Å². The van der Waals surface area contributed by atoms with Gasteiger partial charge in [-0.15, -0.1) is 0 Å². The van der Waals surface area contributed by atoms with Gasteiger partial charge >= 0.3 is 0 Å². The van der Waals surface area contributed by atoms with Gasteiger partial charge in [-0.05, 0) is 26.0 Å². The molecule has 5 aromatic rings. The van der Waals surface area contributed by atoms with Crippen LogP contribution in [-0.4, -0.2) is 53.0 Å². The van der Waals surface area contributed by atoms with Gasteiger partial charge in [-0.1, -0.05) is 6.07 Å². The van der Waals surface area contributed by atoms with Crippen molar-refractivity contribution in [2.24, 2.45) is 0 Å². The third kappa shape index (κ3) is 3.97. The largest absolute Gasteiger partial charge is 0.395 e. The molecule has 0 fully saturated rings. The molecule has 11 nitrogen and oxygen atoms in total. The molecule has 0 amide bonds. The number of aliphatic hydroxyl groups excluding tert-OH is 1. The van der Waals surface area contributed by atoms with Gasteiger partial charge in [0.1, 0.15) is 22.7 Å². The first kappa shape index (κ1) is 21.6. The van der Waals surface area contributed by atoms with E-state index in [-0.39, 0.29) is 18.2 Å². The highest BCUT2D eigenvalue weighted by Crippen LogP contribution is 2.32. The average molecular weight is 460 g/mol. The molecular formula is C23H25N9O2. The van der Waals surface area contributed by atoms with Crippen LogP contribution in [0.4, 0.5) is 11.5 Å². The maximum Gasteiger partial charge on any atom is 0.261 e. The van der Waals surface area contributed by atoms with Gasteiger partial charge in [-0.2, -0.15) is 5.10 Å². The summed E-state index contributed by atoms with van der Waals surface area (Å²) < 4.78 is 1.78. The van der Waals surface area contributed by atoms with Gasteiger partial charge in [0.15, 0.2) is 0 Å². The van der Waals surface area contributed by atoms with Gasteiger partial charge in [0, 0.05) is 31.5 Å². The molecule has 0 bridgehead atoms. The van der Waals surface area contributed by atoms with Crippen LogP contribution in [0.2, 0.25) is 0 Å². The van der Waals surface area contributed by atoms with E-state index in [0.717, 1.165) is 5.69 Å². The van der Waals surface area contributed by atoms with Crippen LogP contribution in [0.5, 0.6) is 0 Å². The van der Waals surface area contributed by atoms with Crippen molar-refractivity contribution in [2.45, 2.75) is 26.4 Å². The summed E-state index contributed by atoms with van der Waals surface area (Å²) in [4.78, 5) is 32.9. The van der Waals surface area contributed by atoms with Crippen LogP contribution in [0.1, 0.15) is 25.6 Å². The van der Waals surface area contributed by atoms with Crippen molar-refractivity contribution in [1.82, 2.24) is 34.7 Å². The van der Waals surface area contributed by atoms with Crippen molar-refractivity contribution in [2.75, 3.05) is 23.8 Å². The highest BCUT2D eigenvalue weighted by molar-refractivity contribution is 5.96. The number of fused-ring (bicyclic) bond motifs is 2. The molecule has 0 unspecified atom stereocenters. The zero-order valence-electron chi connectivity index (χ0n) is 18.8. The number of aromatic amines is 2. The molecule has 0 aromatic carbocycles. The lowest BCUT2D eigenvalue weighted by Gasteiger charge is -2.17. The number of imidazole rings is 1. The summed E-state index contributed by atoms with van der Waals surface area (Å²) in [6.07, 6.45) is 5.20. The Hall–Kier alpha value is -4.25. The Morgan fingerprint density at radius 3 is 2.85 bits per heavy atom. The van der Waals surface area contributed by atoms with E-state index in [1.54, 1.807) is 23.1 Å². The van der Waals surface area contributed by atoms with E-state index in [1.807, 2.05) is 38.2 Å². The summed E-state index contributed by atoms with van der Waals surface area (Å²) in [5.74, 6) is 0.994. The number of pyridine rings is 3. The average Bonchev–Trinajstić information content (AvgIpc) is 3.46. The Bertz CT molecular complexity index is 1500. The van der Waals surface area contributed by atoms with Crippen LogP contribution >= 0.6 is 0 Å². The lowest BCUT2D eigenvalue weighted by atomic mass is 10.1. The molecule has 0 radical (unpaired) electrons. The first-order valence-electron chi connectivity index (χ1n) is 11.1. The van der Waals surface area contributed by atoms with Crippen LogP contribution in [0.25, 0.3) is 33.5 Å². The van der Waals surface area contributed by atoms with Crippen LogP contribution in [-0.2, 0) is 6.54 Å². The van der Waals surface area contributed by atoms with Crippen LogP contribution in [0.15, 0.2) is 47.7 Å². The highest BCUT2D eigenvalue weighted by atomic mass is 16.3. The molecule has 11 heteroatoms. The molecule has 0 saturated carbocycles. The molecule has 34 heavy (non-hydrogen) atoms. The Balaban J connectivity index is 1.66. The van der Waals surface area contributed by atoms with Gasteiger partial charge in [0.05, 0.1) is 46.8 Å². The lowest BCUT2D eigenvalue weighted by molar-refractivity contribution is 0.311. The maximum absolute atomic E-state index is 13.3. The van der Waals surface area contributed by atoms with E-state index >= 15 is 0 Å². The van der Waals surface area contributed by atoms with Crippen molar-refractivity contribution in [1.29, 1.82) is 0 Å². The van der Waals surface area contributed by atoms with E-state index in [9.17, 15) is 4.79 Å². The predicted molar refractivity (Wildman–Crippen MR) is 131 cm³/mol. The summed E-state index contributed by atoms with van der Waals surface area (Å²) in [5, 5.41) is 20.2. The van der Waals surface area contributed by atoms with Gasteiger partial charge in [-0.3, -0.25) is 14.5 Å². The molecule has 174 valence electrons. The van der Waals surface area contributed by atoms with Gasteiger partial charge in [-0.25, -0.2) is 9.97 Å². The van der Waals surface area contributed by atoms with Crippen LogP contribution < -0.4 is 16.2 Å². The van der Waals surface area contributed by atoms with E-state index in [4.69, 9.17) is 5.11 Å². The predicted octanol–water partition coefficient (Wildman–Crippen LogP) is 2.66. The second-order valence-electron chi connectivity index (χ2n) is 7.89. The maximum atomic E-state index is 13.3. The summed E-state index contributed by atoms with van der Waals surface area (Å²) in [7, 11) is 0. The molecule has 0 aliphatic heterocycles. The number of nitrogens with zero attached hydrogens (tertiary/aromatic N) is 5. The zero-order chi connectivity index (χ0) is 23.7. The Kier molecular flexibility index (Phi) is 5.68. The number of rotatable bonds is 8. The number of hydrogen-bond donors (Lipinski definition) is 5. The number of aryl methyl sites for hydroxylation is 1. The number of aliphatic hydroxyl groups is 1. The summed E-state index contributed by atoms with van der Waals surface area (Å²) in [5.41, 5.74) is 4.10. The van der Waals surface area contributed by atoms with E-state index in [0.29, 0.717) is 58.0 Å². The molecule has 5 aromatic heterocycles. The number of hydrogen-bond acceptors (Lipinski definition) is 8. The third-order valence-corrected chi connectivity index (χ3v) is 5.56. The fraction of sp³-hybridized carbons (Fsp3) is 0.261. The molecule has 1 atom stereocenters. The summed E-state index contributed by atoms with van der Waals surface area (Å²) >= 11 is 0. The van der Waals surface area contributed by atoms with Crippen molar-refractivity contribution < 1.29 is 5.11 Å². The lowest BCUT2D eigenvalue weighted by Crippen LogP contribution is -2.16. The Morgan fingerprint density at radius 2 is 2.09 bits per heavy atom. The van der Waals surface area contributed by atoms with E-state index in [2.05, 4.69) is 40.7 Å². The fourth-order valence-corrected chi connectivity index (χ4v) is 3.87. The second kappa shape index (κ2) is 8.94. The minimum absolute atomic E-state index is 0.00514. The smallest absolute Gasteiger partial charge is 0.261 e. The quantitative estimate of drug-likeness (QED) is 0.238. The Morgan fingerprint density at radius 1 is 1.21 bits per heavy atom. The van der Waals surface area contributed by atoms with Crippen LogP contribution in [0, 0.1) is 0 Å². The van der Waals surface area contributed by atoms with E-state index in [1.165, 1.54) is 0 Å². The monoisotopic (exact) mass is 459 g/mol. The third-order valence-electron chi connectivity index (χ3n) is 5.56. The van der Waals surface area contributed by atoms with Crippen molar-refractivity contribution in [3.8, 4) is 11.4 Å². The SMILES string of the molecule is CCn1cc2[nH]c(=O)c(-c3nc4cc(NCCO)ncc4[nH]3)c(N[C@@H](C)c3ccccn3)c2n1. The molecule has 5 rings (SSSR count). The second-order valence-corrected chi connectivity index (χ2v) is 7.89. The fourth-order valence-electron chi connectivity index (χ4n) is 3.87. The highest BCUT2D eigenvalue weighted by Gasteiger charge is 2.22. The molecule has 5 N–H and O–H groups in total. The molecule has 5 heterocycles. The molecule has 0 spiro atoms. The number of anilines is 2. The zero-order valence-corrected chi connectivity index (χ0v) is 18.8. The minimum atomic E-state index is -0.287. The topological polar surface area (TPSA) is 149 Å². The Labute approximate surface area is 194 Å². The van der Waals surface area contributed by atoms with Crippen molar-refractivity contribution in [3.63, 3.8) is 0 Å². The van der Waals surface area contributed by atoms with Gasteiger partial charge < -0.3 is 25.7 Å². The normalized spacial score (nSPS) is 12.3. The molecule has 0 aliphatic carbocycles. The van der Waals surface area contributed by atoms with Gasteiger partial charge in [0.2, 0.25) is 0 Å². The molecular weight excluding hydrogens is 434 g/mol. The number of aromatic nitrogens is 7. The van der Waals surface area contributed by atoms with Crippen molar-refractivity contribution >= 4 is 33.6 Å². The first-order chi connectivity index (χ1) is 16.6. The molecule has 0 saturated heterocycles. The number of nitrogens with one attached hydrogen (secondary N) is 4. The minimum Gasteiger partial charge on any atom is -0.395 e. The first-order valence-corrected chi connectivity index (χ1v) is 11.1. The summed E-state index contributed by atoms with van der Waals surface area (Å²) in [6.45, 7) is 5.02. The number of H-pyrrole nitrogens is 2. The van der Waals surface area contributed by atoms with E-state index < -0.39 is 0 Å². The standard InChI is InChI=1S/C23H25N9O2/c1-3-32-12-17-20(31-32)21(27-13(2)14-6-4-5-7-24-14)19(23(34)30-17)22-28-15-10-18(25-8-9-33)26-11-16(15)29-22/h4-7,10-13,27,33H,3,8-9H2,1-2H3,(H,25,26)(H,28,29)(H,30,34)/t13-/m0/s1.